The van der Waals surface area contributed by atoms with E-state index in [2.05, 4.69) is 5.32 Å². The van der Waals surface area contributed by atoms with Crippen LogP contribution in [0.3, 0.4) is 0 Å². The summed E-state index contributed by atoms with van der Waals surface area (Å²) in [6, 6.07) is 27.4. The number of hydrogen-bond donors (Lipinski definition) is 1. The number of carbonyl (C=O) groups is 3. The van der Waals surface area contributed by atoms with Crippen LogP contribution in [0.15, 0.2) is 103 Å². The van der Waals surface area contributed by atoms with Crippen LogP contribution >= 0.6 is 11.6 Å². The van der Waals surface area contributed by atoms with Crippen molar-refractivity contribution in [3.05, 3.63) is 136 Å². The molecule has 3 aliphatic rings. The van der Waals surface area contributed by atoms with Crippen molar-refractivity contribution in [3.63, 3.8) is 0 Å². The van der Waals surface area contributed by atoms with Gasteiger partial charge in [0, 0.05) is 22.5 Å². The topological polar surface area (TPSA) is 75.7 Å². The number of halogens is 1. The zero-order valence-electron chi connectivity index (χ0n) is 22.8. The first-order valence-corrected chi connectivity index (χ1v) is 14.4. The SMILES string of the molecule is CCOc1ccccc1C(=O)C1C(C(=O)c2ccc(Cl)cc2)N2C=Cc3ccccc3C2C12C(=O)Nc1ccccc12. The van der Waals surface area contributed by atoms with Crippen LogP contribution in [0.1, 0.15) is 50.4 Å². The number of fused-ring (bicyclic) bond motifs is 6. The molecule has 208 valence electrons. The predicted octanol–water partition coefficient (Wildman–Crippen LogP) is 6.72. The number of para-hydroxylation sites is 2. The fourth-order valence-corrected chi connectivity index (χ4v) is 7.20. The fraction of sp³-hybridized carbons (Fsp3) is 0.171. The molecule has 6 nitrogen and oxygen atoms in total. The molecule has 0 radical (unpaired) electrons. The lowest BCUT2D eigenvalue weighted by molar-refractivity contribution is -0.122. The van der Waals surface area contributed by atoms with Crippen molar-refractivity contribution in [1.29, 1.82) is 0 Å². The number of amides is 1. The van der Waals surface area contributed by atoms with Crippen LogP contribution in [0, 0.1) is 5.92 Å². The standard InChI is InChI=1S/C35H27ClN2O4/c1-2-42-28-14-8-5-11-25(28)32(40)29-30(31(39)22-15-17-23(36)18-16-22)38-20-19-21-9-3-4-10-24(21)33(38)35(29)26-12-6-7-13-27(26)37-34(35)41/h3-20,29-30,33H,2H2,1H3,(H,37,41). The zero-order chi connectivity index (χ0) is 29.0. The average Bonchev–Trinajstić information content (AvgIpc) is 3.49. The molecular formula is C35H27ClN2O4. The van der Waals surface area contributed by atoms with Crippen LogP contribution in [0.25, 0.3) is 6.08 Å². The molecule has 1 spiro atoms. The van der Waals surface area contributed by atoms with E-state index in [0.717, 1.165) is 11.1 Å². The van der Waals surface area contributed by atoms with Crippen LogP contribution in [0.4, 0.5) is 5.69 Å². The minimum Gasteiger partial charge on any atom is -0.493 e. The molecule has 1 saturated heterocycles. The minimum atomic E-state index is -1.40. The molecule has 3 aliphatic heterocycles. The van der Waals surface area contributed by atoms with E-state index in [1.807, 2.05) is 78.7 Å². The third kappa shape index (κ3) is 3.68. The Kier molecular flexibility index (Phi) is 6.24. The van der Waals surface area contributed by atoms with E-state index in [-0.39, 0.29) is 17.5 Å². The number of benzene rings is 4. The maximum Gasteiger partial charge on any atom is 0.238 e. The quantitative estimate of drug-likeness (QED) is 0.259. The molecule has 1 amide bonds. The van der Waals surface area contributed by atoms with Gasteiger partial charge in [-0.1, -0.05) is 66.2 Å². The Bertz CT molecular complexity index is 1780. The van der Waals surface area contributed by atoms with Gasteiger partial charge in [0.2, 0.25) is 5.91 Å². The number of rotatable bonds is 6. The lowest BCUT2D eigenvalue weighted by Crippen LogP contribution is -2.49. The Morgan fingerprint density at radius 3 is 2.43 bits per heavy atom. The highest BCUT2D eigenvalue weighted by Gasteiger charge is 2.70. The molecule has 4 unspecified atom stereocenters. The summed E-state index contributed by atoms with van der Waals surface area (Å²) in [5.74, 6) is -1.54. The summed E-state index contributed by atoms with van der Waals surface area (Å²) >= 11 is 6.17. The van der Waals surface area contributed by atoms with Crippen molar-refractivity contribution in [2.24, 2.45) is 5.92 Å². The monoisotopic (exact) mass is 574 g/mol. The van der Waals surface area contributed by atoms with Gasteiger partial charge < -0.3 is 15.0 Å². The Morgan fingerprint density at radius 1 is 0.905 bits per heavy atom. The molecule has 1 N–H and O–H groups in total. The molecule has 1 fully saturated rings. The Hall–Kier alpha value is -4.68. The van der Waals surface area contributed by atoms with Gasteiger partial charge in [-0.25, -0.2) is 0 Å². The predicted molar refractivity (Wildman–Crippen MR) is 162 cm³/mol. The van der Waals surface area contributed by atoms with E-state index in [0.29, 0.717) is 39.8 Å². The van der Waals surface area contributed by atoms with Crippen molar-refractivity contribution in [3.8, 4) is 5.75 Å². The maximum absolute atomic E-state index is 15.0. The largest absolute Gasteiger partial charge is 0.493 e. The second-order valence-electron chi connectivity index (χ2n) is 10.8. The zero-order valence-corrected chi connectivity index (χ0v) is 23.5. The van der Waals surface area contributed by atoms with Crippen LogP contribution in [0.5, 0.6) is 5.75 Å². The van der Waals surface area contributed by atoms with Crippen molar-refractivity contribution in [2.45, 2.75) is 24.4 Å². The number of carbonyl (C=O) groups excluding carboxylic acids is 3. The first-order valence-electron chi connectivity index (χ1n) is 14.0. The van der Waals surface area contributed by atoms with Gasteiger partial charge in [-0.3, -0.25) is 14.4 Å². The number of ketones is 2. The molecule has 42 heavy (non-hydrogen) atoms. The first-order chi connectivity index (χ1) is 20.5. The third-order valence-corrected chi connectivity index (χ3v) is 8.95. The summed E-state index contributed by atoms with van der Waals surface area (Å²) in [5, 5.41) is 3.58. The lowest BCUT2D eigenvalue weighted by Gasteiger charge is -2.38. The molecule has 3 heterocycles. The van der Waals surface area contributed by atoms with E-state index in [1.165, 1.54) is 0 Å². The highest BCUT2D eigenvalue weighted by atomic mass is 35.5. The summed E-state index contributed by atoms with van der Waals surface area (Å²) in [4.78, 5) is 46.1. The maximum atomic E-state index is 15.0. The smallest absolute Gasteiger partial charge is 0.238 e. The number of Topliss-reactive ketones (excluding diaryl/α,β-unsaturated/α-hetero) is 2. The molecular weight excluding hydrogens is 548 g/mol. The number of anilines is 1. The van der Waals surface area contributed by atoms with Gasteiger partial charge in [-0.05, 0) is 72.2 Å². The molecule has 7 rings (SSSR count). The first kappa shape index (κ1) is 26.2. The molecule has 0 saturated carbocycles. The van der Waals surface area contributed by atoms with Gasteiger partial charge in [-0.2, -0.15) is 0 Å². The van der Waals surface area contributed by atoms with Gasteiger partial charge in [-0.15, -0.1) is 0 Å². The molecule has 4 aromatic rings. The molecule has 7 heteroatoms. The van der Waals surface area contributed by atoms with Crippen molar-refractivity contribution in [2.75, 3.05) is 11.9 Å². The molecule has 4 aromatic carbocycles. The summed E-state index contributed by atoms with van der Waals surface area (Å²) in [7, 11) is 0. The molecule has 4 atom stereocenters. The van der Waals surface area contributed by atoms with Crippen LogP contribution < -0.4 is 10.1 Å². The fourth-order valence-electron chi connectivity index (χ4n) is 7.07. The molecule has 0 aromatic heterocycles. The number of nitrogens with zero attached hydrogens (tertiary/aromatic N) is 1. The Morgan fingerprint density at radius 2 is 1.62 bits per heavy atom. The van der Waals surface area contributed by atoms with E-state index < -0.39 is 23.4 Å². The highest BCUT2D eigenvalue weighted by molar-refractivity contribution is 6.30. The number of hydrogen-bond acceptors (Lipinski definition) is 5. The molecule has 0 aliphatic carbocycles. The van der Waals surface area contributed by atoms with Gasteiger partial charge in [0.05, 0.1) is 24.1 Å². The summed E-state index contributed by atoms with van der Waals surface area (Å²) < 4.78 is 5.88. The normalized spacial score (nSPS) is 23.2. The highest BCUT2D eigenvalue weighted by Crippen LogP contribution is 2.62. The second-order valence-corrected chi connectivity index (χ2v) is 11.2. The van der Waals surface area contributed by atoms with Gasteiger partial charge in [0.1, 0.15) is 17.2 Å². The van der Waals surface area contributed by atoms with Crippen molar-refractivity contribution >= 4 is 40.8 Å². The van der Waals surface area contributed by atoms with E-state index in [4.69, 9.17) is 16.3 Å². The van der Waals surface area contributed by atoms with Gasteiger partial charge >= 0.3 is 0 Å². The van der Waals surface area contributed by atoms with Gasteiger partial charge in [0.15, 0.2) is 11.6 Å². The van der Waals surface area contributed by atoms with Gasteiger partial charge in [0.25, 0.3) is 0 Å². The number of ether oxygens (including phenoxy) is 1. The minimum absolute atomic E-state index is 0.262. The van der Waals surface area contributed by atoms with Crippen LogP contribution in [0.2, 0.25) is 5.02 Å². The summed E-state index contributed by atoms with van der Waals surface area (Å²) in [6.45, 7) is 2.22. The number of nitrogens with one attached hydrogen (secondary N) is 1. The van der Waals surface area contributed by atoms with Crippen molar-refractivity contribution in [1.82, 2.24) is 4.90 Å². The summed E-state index contributed by atoms with van der Waals surface area (Å²) in [5.41, 5.74) is 2.52. The van der Waals surface area contributed by atoms with E-state index in [9.17, 15) is 9.59 Å². The molecule has 0 bridgehead atoms. The van der Waals surface area contributed by atoms with E-state index >= 15 is 4.79 Å². The Labute approximate surface area is 248 Å². The van der Waals surface area contributed by atoms with E-state index in [1.54, 1.807) is 42.5 Å². The van der Waals surface area contributed by atoms with Crippen LogP contribution in [-0.2, 0) is 10.2 Å². The summed E-state index contributed by atoms with van der Waals surface area (Å²) in [6.07, 6.45) is 3.81. The lowest BCUT2D eigenvalue weighted by atomic mass is 9.62. The third-order valence-electron chi connectivity index (χ3n) is 8.70. The van der Waals surface area contributed by atoms with Crippen molar-refractivity contribution < 1.29 is 19.1 Å². The Balaban J connectivity index is 1.54. The van der Waals surface area contributed by atoms with Crippen LogP contribution in [-0.4, -0.2) is 35.0 Å². The average molecular weight is 575 g/mol. The second kappa shape index (κ2) is 10.00.